The second kappa shape index (κ2) is 4.55. The third-order valence-electron chi connectivity index (χ3n) is 2.99. The van der Waals surface area contributed by atoms with Crippen LogP contribution in [0, 0.1) is 0 Å². The van der Waals surface area contributed by atoms with Gasteiger partial charge in [-0.05, 0) is 35.9 Å². The van der Waals surface area contributed by atoms with Crippen LogP contribution < -0.4 is 5.73 Å². The van der Waals surface area contributed by atoms with Gasteiger partial charge >= 0.3 is 0 Å². The number of nitrogens with zero attached hydrogens (tertiary/aromatic N) is 2. The standard InChI is InChI=1S/C15H13N3/c16-15(14-5-1-2-8-18-14)12-6-7-13-11(10-12)4-3-9-17-13/h1-10,15H,16H2. The third-order valence-corrected chi connectivity index (χ3v) is 2.99. The highest BCUT2D eigenvalue weighted by atomic mass is 14.8. The number of hydrogen-bond donors (Lipinski definition) is 1. The molecular formula is C15H13N3. The molecular weight excluding hydrogens is 222 g/mol. The second-order valence-electron chi connectivity index (χ2n) is 4.19. The number of benzene rings is 1. The van der Waals surface area contributed by atoms with E-state index in [1.807, 2.05) is 42.5 Å². The van der Waals surface area contributed by atoms with E-state index in [0.29, 0.717) is 0 Å². The minimum atomic E-state index is -0.198. The summed E-state index contributed by atoms with van der Waals surface area (Å²) in [6, 6.07) is 15.6. The molecule has 0 aliphatic heterocycles. The Morgan fingerprint density at radius 2 is 1.78 bits per heavy atom. The van der Waals surface area contributed by atoms with Crippen LogP contribution in [-0.4, -0.2) is 9.97 Å². The molecule has 0 saturated heterocycles. The van der Waals surface area contributed by atoms with Gasteiger partial charge in [0.15, 0.2) is 0 Å². The van der Waals surface area contributed by atoms with Crippen molar-refractivity contribution < 1.29 is 0 Å². The first-order chi connectivity index (χ1) is 8.84. The fourth-order valence-corrected chi connectivity index (χ4v) is 2.02. The maximum atomic E-state index is 6.22. The highest BCUT2D eigenvalue weighted by Crippen LogP contribution is 2.21. The predicted octanol–water partition coefficient (Wildman–Crippen LogP) is 2.68. The maximum Gasteiger partial charge on any atom is 0.0726 e. The van der Waals surface area contributed by atoms with Gasteiger partial charge < -0.3 is 5.73 Å². The van der Waals surface area contributed by atoms with Crippen molar-refractivity contribution in [3.63, 3.8) is 0 Å². The third kappa shape index (κ3) is 1.96. The summed E-state index contributed by atoms with van der Waals surface area (Å²) < 4.78 is 0. The van der Waals surface area contributed by atoms with Crippen LogP contribution in [0.25, 0.3) is 10.9 Å². The van der Waals surface area contributed by atoms with Crippen molar-refractivity contribution in [2.45, 2.75) is 6.04 Å². The van der Waals surface area contributed by atoms with Crippen LogP contribution in [0.2, 0.25) is 0 Å². The summed E-state index contributed by atoms with van der Waals surface area (Å²) >= 11 is 0. The molecule has 0 amide bonds. The van der Waals surface area contributed by atoms with Crippen LogP contribution in [-0.2, 0) is 0 Å². The fraction of sp³-hybridized carbons (Fsp3) is 0.0667. The Morgan fingerprint density at radius 1 is 0.889 bits per heavy atom. The molecule has 2 aromatic heterocycles. The molecule has 0 fully saturated rings. The molecule has 3 nitrogen and oxygen atoms in total. The van der Waals surface area contributed by atoms with Gasteiger partial charge in [0.05, 0.1) is 17.3 Å². The molecule has 2 N–H and O–H groups in total. The van der Waals surface area contributed by atoms with Crippen LogP contribution in [0.1, 0.15) is 17.3 Å². The van der Waals surface area contributed by atoms with Gasteiger partial charge in [0.25, 0.3) is 0 Å². The zero-order valence-electron chi connectivity index (χ0n) is 9.82. The topological polar surface area (TPSA) is 51.8 Å². The van der Waals surface area contributed by atoms with Crippen LogP contribution >= 0.6 is 0 Å². The number of hydrogen-bond acceptors (Lipinski definition) is 3. The van der Waals surface area contributed by atoms with E-state index in [0.717, 1.165) is 22.2 Å². The fourth-order valence-electron chi connectivity index (χ4n) is 2.02. The second-order valence-corrected chi connectivity index (χ2v) is 4.19. The average Bonchev–Trinajstić information content (AvgIpc) is 2.47. The Labute approximate surface area is 105 Å². The summed E-state index contributed by atoms with van der Waals surface area (Å²) in [5.41, 5.74) is 9.13. The van der Waals surface area contributed by atoms with Gasteiger partial charge in [-0.25, -0.2) is 0 Å². The van der Waals surface area contributed by atoms with Gasteiger partial charge in [-0.3, -0.25) is 9.97 Å². The van der Waals surface area contributed by atoms with Crippen molar-refractivity contribution in [2.24, 2.45) is 5.73 Å². The molecule has 1 unspecified atom stereocenters. The van der Waals surface area contributed by atoms with Crippen molar-refractivity contribution >= 4 is 10.9 Å². The van der Waals surface area contributed by atoms with Crippen molar-refractivity contribution in [1.29, 1.82) is 0 Å². The molecule has 3 aromatic rings. The van der Waals surface area contributed by atoms with Gasteiger partial charge in [-0.15, -0.1) is 0 Å². The monoisotopic (exact) mass is 235 g/mol. The lowest BCUT2D eigenvalue weighted by molar-refractivity contribution is 0.830. The molecule has 1 atom stereocenters. The largest absolute Gasteiger partial charge is 0.319 e. The van der Waals surface area contributed by atoms with Gasteiger partial charge in [0.2, 0.25) is 0 Å². The lowest BCUT2D eigenvalue weighted by atomic mass is 10.0. The van der Waals surface area contributed by atoms with Crippen molar-refractivity contribution in [2.75, 3.05) is 0 Å². The number of pyridine rings is 2. The van der Waals surface area contributed by atoms with E-state index in [1.165, 1.54) is 0 Å². The Bertz CT molecular complexity index is 665. The quantitative estimate of drug-likeness (QED) is 0.743. The SMILES string of the molecule is NC(c1ccc2ncccc2c1)c1ccccn1. The number of rotatable bonds is 2. The molecule has 2 heterocycles. The molecule has 0 saturated carbocycles. The number of fused-ring (bicyclic) bond motifs is 1. The maximum absolute atomic E-state index is 6.22. The molecule has 88 valence electrons. The Kier molecular flexibility index (Phi) is 2.74. The molecule has 0 spiro atoms. The van der Waals surface area contributed by atoms with Gasteiger partial charge in [0, 0.05) is 17.8 Å². The number of aromatic nitrogens is 2. The van der Waals surface area contributed by atoms with Gasteiger partial charge in [-0.1, -0.05) is 18.2 Å². The molecule has 18 heavy (non-hydrogen) atoms. The van der Waals surface area contributed by atoms with E-state index in [9.17, 15) is 0 Å². The molecule has 0 radical (unpaired) electrons. The Hall–Kier alpha value is -2.26. The summed E-state index contributed by atoms with van der Waals surface area (Å²) in [7, 11) is 0. The first-order valence-corrected chi connectivity index (χ1v) is 5.86. The van der Waals surface area contributed by atoms with E-state index < -0.39 is 0 Å². The summed E-state index contributed by atoms with van der Waals surface area (Å²) in [4.78, 5) is 8.59. The lowest BCUT2D eigenvalue weighted by Crippen LogP contribution is -2.13. The normalized spacial score (nSPS) is 12.5. The summed E-state index contributed by atoms with van der Waals surface area (Å²) in [5.74, 6) is 0. The molecule has 0 aliphatic carbocycles. The average molecular weight is 235 g/mol. The van der Waals surface area contributed by atoms with Crippen LogP contribution in [0.4, 0.5) is 0 Å². The lowest BCUT2D eigenvalue weighted by Gasteiger charge is -2.11. The minimum Gasteiger partial charge on any atom is -0.319 e. The van der Waals surface area contributed by atoms with E-state index in [1.54, 1.807) is 12.4 Å². The highest BCUT2D eigenvalue weighted by molar-refractivity contribution is 5.79. The van der Waals surface area contributed by atoms with Gasteiger partial charge in [0.1, 0.15) is 0 Å². The van der Waals surface area contributed by atoms with Gasteiger partial charge in [-0.2, -0.15) is 0 Å². The molecule has 3 rings (SSSR count). The predicted molar refractivity (Wildman–Crippen MR) is 72.0 cm³/mol. The van der Waals surface area contributed by atoms with Crippen molar-refractivity contribution in [1.82, 2.24) is 9.97 Å². The summed E-state index contributed by atoms with van der Waals surface area (Å²) in [6.45, 7) is 0. The zero-order chi connectivity index (χ0) is 12.4. The Balaban J connectivity index is 2.04. The van der Waals surface area contributed by atoms with Crippen LogP contribution in [0.5, 0.6) is 0 Å². The number of nitrogens with two attached hydrogens (primary N) is 1. The molecule has 1 aromatic carbocycles. The first-order valence-electron chi connectivity index (χ1n) is 5.86. The molecule has 3 heteroatoms. The first kappa shape index (κ1) is 10.9. The van der Waals surface area contributed by atoms with E-state index >= 15 is 0 Å². The zero-order valence-corrected chi connectivity index (χ0v) is 9.82. The molecule has 0 aliphatic rings. The smallest absolute Gasteiger partial charge is 0.0726 e. The highest BCUT2D eigenvalue weighted by Gasteiger charge is 2.10. The summed E-state index contributed by atoms with van der Waals surface area (Å²) in [6.07, 6.45) is 3.55. The van der Waals surface area contributed by atoms with E-state index in [-0.39, 0.29) is 6.04 Å². The molecule has 0 bridgehead atoms. The van der Waals surface area contributed by atoms with Crippen molar-refractivity contribution in [3.05, 3.63) is 72.2 Å². The van der Waals surface area contributed by atoms with Crippen molar-refractivity contribution in [3.8, 4) is 0 Å². The van der Waals surface area contributed by atoms with E-state index in [2.05, 4.69) is 16.0 Å². The van der Waals surface area contributed by atoms with E-state index in [4.69, 9.17) is 5.73 Å². The Morgan fingerprint density at radius 3 is 2.61 bits per heavy atom. The van der Waals surface area contributed by atoms with Crippen LogP contribution in [0.3, 0.4) is 0 Å². The summed E-state index contributed by atoms with van der Waals surface area (Å²) in [5, 5.41) is 1.10. The van der Waals surface area contributed by atoms with Crippen LogP contribution in [0.15, 0.2) is 60.9 Å². The minimum absolute atomic E-state index is 0.198.